The molecule has 0 bridgehead atoms. The lowest BCUT2D eigenvalue weighted by molar-refractivity contribution is 0.151. The molecule has 26 heavy (non-hydrogen) atoms. The zero-order valence-electron chi connectivity index (χ0n) is 15.0. The first-order chi connectivity index (χ1) is 12.5. The predicted octanol–water partition coefficient (Wildman–Crippen LogP) is 3.96. The number of rotatable bonds is 6. The van der Waals surface area contributed by atoms with Gasteiger partial charge >= 0.3 is 0 Å². The molecule has 1 atom stereocenters. The molecule has 1 aromatic heterocycles. The molecule has 0 N–H and O–H groups in total. The summed E-state index contributed by atoms with van der Waals surface area (Å²) < 4.78 is 13.1. The molecule has 1 aliphatic rings. The van der Waals surface area contributed by atoms with Crippen molar-refractivity contribution in [1.29, 1.82) is 0 Å². The first-order valence-corrected chi connectivity index (χ1v) is 9.58. The van der Waals surface area contributed by atoms with Crippen LogP contribution < -0.4 is 15.2 Å². The maximum Gasteiger partial charge on any atom is 0.294 e. The van der Waals surface area contributed by atoms with Crippen molar-refractivity contribution in [3.05, 3.63) is 43.9 Å². The first-order valence-electron chi connectivity index (χ1n) is 8.41. The molecule has 0 aliphatic carbocycles. The van der Waals surface area contributed by atoms with Crippen LogP contribution in [0.4, 0.5) is 11.5 Å². The predicted molar refractivity (Wildman–Crippen MR) is 106 cm³/mol. The largest absolute Gasteiger partial charge is 0.497 e. The van der Waals surface area contributed by atoms with E-state index >= 15 is 0 Å². The van der Waals surface area contributed by atoms with E-state index in [1.165, 1.54) is 0 Å². The van der Waals surface area contributed by atoms with E-state index in [0.29, 0.717) is 19.0 Å². The SMILES string of the molecule is CC[C@H](COC)n1cc(Cl)nc(N2CCc3cc(OC)cc(Br)c32)c1=O. The van der Waals surface area contributed by atoms with Gasteiger partial charge in [-0.15, -0.1) is 0 Å². The van der Waals surface area contributed by atoms with Crippen molar-refractivity contribution in [3.63, 3.8) is 0 Å². The van der Waals surface area contributed by atoms with E-state index in [0.717, 1.165) is 34.3 Å². The summed E-state index contributed by atoms with van der Waals surface area (Å²) in [6, 6.07) is 3.79. The number of ether oxygens (including phenoxy) is 2. The maximum absolute atomic E-state index is 13.1. The molecule has 2 heterocycles. The van der Waals surface area contributed by atoms with Gasteiger partial charge in [0.1, 0.15) is 10.9 Å². The van der Waals surface area contributed by atoms with Gasteiger partial charge in [0.2, 0.25) is 5.82 Å². The Hall–Kier alpha value is -1.57. The van der Waals surface area contributed by atoms with Crippen LogP contribution in [-0.2, 0) is 11.2 Å². The van der Waals surface area contributed by atoms with Crippen molar-refractivity contribution in [3.8, 4) is 5.75 Å². The summed E-state index contributed by atoms with van der Waals surface area (Å²) in [6.45, 7) is 3.11. The van der Waals surface area contributed by atoms with Crippen LogP contribution in [-0.4, -0.2) is 36.9 Å². The number of benzene rings is 1. The molecular formula is C18H21BrClN3O3. The Balaban J connectivity index is 2.10. The van der Waals surface area contributed by atoms with Crippen LogP contribution in [0.25, 0.3) is 0 Å². The fraction of sp³-hybridized carbons (Fsp3) is 0.444. The van der Waals surface area contributed by atoms with Gasteiger partial charge in [-0.2, -0.15) is 0 Å². The number of halogens is 2. The van der Waals surface area contributed by atoms with E-state index in [1.807, 2.05) is 24.0 Å². The summed E-state index contributed by atoms with van der Waals surface area (Å²) in [5, 5.41) is 0.284. The Bertz CT molecular complexity index is 871. The van der Waals surface area contributed by atoms with Crippen LogP contribution in [0.2, 0.25) is 5.15 Å². The molecule has 3 rings (SSSR count). The molecule has 6 nitrogen and oxygen atoms in total. The van der Waals surface area contributed by atoms with Crippen molar-refractivity contribution in [1.82, 2.24) is 9.55 Å². The summed E-state index contributed by atoms with van der Waals surface area (Å²) in [5.74, 6) is 1.11. The summed E-state index contributed by atoms with van der Waals surface area (Å²) in [5.41, 5.74) is 1.87. The monoisotopic (exact) mass is 441 g/mol. The number of fused-ring (bicyclic) bond motifs is 1. The number of hydrogen-bond acceptors (Lipinski definition) is 5. The van der Waals surface area contributed by atoms with Gasteiger partial charge in [-0.1, -0.05) is 18.5 Å². The summed E-state index contributed by atoms with van der Waals surface area (Å²) in [6.07, 6.45) is 3.14. The second-order valence-corrected chi connectivity index (χ2v) is 7.38. The Morgan fingerprint density at radius 3 is 2.81 bits per heavy atom. The highest BCUT2D eigenvalue weighted by atomic mass is 79.9. The third kappa shape index (κ3) is 3.48. The van der Waals surface area contributed by atoms with Gasteiger partial charge in [-0.05, 0) is 46.5 Å². The van der Waals surface area contributed by atoms with Gasteiger partial charge in [-0.25, -0.2) is 4.98 Å². The van der Waals surface area contributed by atoms with E-state index in [2.05, 4.69) is 20.9 Å². The normalized spacial score (nSPS) is 14.4. The standard InChI is InChI=1S/C18H21BrClN3O3/c1-4-12(10-25-2)23-9-15(20)21-17(18(23)24)22-6-5-11-7-13(26-3)8-14(19)16(11)22/h7-9,12H,4-6,10H2,1-3H3/t12-/m1/s1. The quantitative estimate of drug-likeness (QED) is 0.678. The third-order valence-electron chi connectivity index (χ3n) is 4.59. The van der Waals surface area contributed by atoms with Crippen molar-refractivity contribution < 1.29 is 9.47 Å². The van der Waals surface area contributed by atoms with Crippen molar-refractivity contribution >= 4 is 39.0 Å². The summed E-state index contributed by atoms with van der Waals surface area (Å²) in [7, 11) is 3.26. The maximum atomic E-state index is 13.1. The fourth-order valence-corrected chi connectivity index (χ4v) is 4.18. The first kappa shape index (κ1) is 19.2. The highest BCUT2D eigenvalue weighted by molar-refractivity contribution is 9.10. The molecule has 2 aromatic rings. The molecule has 0 radical (unpaired) electrons. The molecule has 0 amide bonds. The lowest BCUT2D eigenvalue weighted by atomic mass is 10.1. The lowest BCUT2D eigenvalue weighted by Gasteiger charge is -2.23. The van der Waals surface area contributed by atoms with Crippen LogP contribution in [0, 0.1) is 0 Å². The average Bonchev–Trinajstić information content (AvgIpc) is 3.05. The number of aromatic nitrogens is 2. The highest BCUT2D eigenvalue weighted by Crippen LogP contribution is 2.41. The fourth-order valence-electron chi connectivity index (χ4n) is 3.30. The van der Waals surface area contributed by atoms with Crippen molar-refractivity contribution in [2.75, 3.05) is 32.3 Å². The van der Waals surface area contributed by atoms with Gasteiger partial charge in [0.15, 0.2) is 0 Å². The van der Waals surface area contributed by atoms with E-state index in [9.17, 15) is 4.79 Å². The summed E-state index contributed by atoms with van der Waals surface area (Å²) in [4.78, 5) is 19.4. The number of nitrogens with zero attached hydrogens (tertiary/aromatic N) is 3. The Morgan fingerprint density at radius 2 is 2.15 bits per heavy atom. The molecule has 0 spiro atoms. The Kier molecular flexibility index (Phi) is 5.89. The number of methoxy groups -OCH3 is 2. The van der Waals surface area contributed by atoms with Crippen molar-refractivity contribution in [2.24, 2.45) is 0 Å². The molecule has 140 valence electrons. The third-order valence-corrected chi connectivity index (χ3v) is 5.38. The van der Waals surface area contributed by atoms with Crippen LogP contribution in [0.5, 0.6) is 5.75 Å². The molecule has 1 aliphatic heterocycles. The second kappa shape index (κ2) is 7.98. The van der Waals surface area contributed by atoms with Gasteiger partial charge < -0.3 is 18.9 Å². The smallest absolute Gasteiger partial charge is 0.294 e. The molecule has 0 unspecified atom stereocenters. The van der Waals surface area contributed by atoms with E-state index in [1.54, 1.807) is 25.0 Å². The van der Waals surface area contributed by atoms with Crippen LogP contribution in [0.1, 0.15) is 24.9 Å². The minimum atomic E-state index is -0.172. The Labute approximate surface area is 165 Å². The minimum absolute atomic E-state index is 0.0897. The van der Waals surface area contributed by atoms with E-state index < -0.39 is 0 Å². The molecule has 8 heteroatoms. The van der Waals surface area contributed by atoms with Crippen molar-refractivity contribution in [2.45, 2.75) is 25.8 Å². The van der Waals surface area contributed by atoms with Gasteiger partial charge in [0.25, 0.3) is 5.56 Å². The van der Waals surface area contributed by atoms with Crippen LogP contribution in [0.3, 0.4) is 0 Å². The number of hydrogen-bond donors (Lipinski definition) is 0. The topological polar surface area (TPSA) is 56.6 Å². The molecular weight excluding hydrogens is 422 g/mol. The Morgan fingerprint density at radius 1 is 1.38 bits per heavy atom. The van der Waals surface area contributed by atoms with E-state index in [-0.39, 0.29) is 16.8 Å². The molecule has 0 saturated carbocycles. The highest BCUT2D eigenvalue weighted by Gasteiger charge is 2.28. The van der Waals surface area contributed by atoms with E-state index in [4.69, 9.17) is 21.1 Å². The number of anilines is 2. The second-order valence-electron chi connectivity index (χ2n) is 6.14. The molecule has 0 saturated heterocycles. The zero-order valence-corrected chi connectivity index (χ0v) is 17.3. The minimum Gasteiger partial charge on any atom is -0.497 e. The van der Waals surface area contributed by atoms with Crippen LogP contribution >= 0.6 is 27.5 Å². The summed E-state index contributed by atoms with van der Waals surface area (Å²) >= 11 is 9.84. The zero-order chi connectivity index (χ0) is 18.8. The molecule has 1 aromatic carbocycles. The van der Waals surface area contributed by atoms with Crippen LogP contribution in [0.15, 0.2) is 27.6 Å². The van der Waals surface area contributed by atoms with Gasteiger partial charge in [-0.3, -0.25) is 4.79 Å². The molecule has 0 fully saturated rings. The lowest BCUT2D eigenvalue weighted by Crippen LogP contribution is -2.33. The van der Waals surface area contributed by atoms with Gasteiger partial charge in [0, 0.05) is 24.3 Å². The average molecular weight is 443 g/mol. The van der Waals surface area contributed by atoms with Gasteiger partial charge in [0.05, 0.1) is 25.4 Å².